The van der Waals surface area contributed by atoms with Crippen molar-refractivity contribution in [3.8, 4) is 0 Å². The number of hydrogen-bond donors (Lipinski definition) is 1. The summed E-state index contributed by atoms with van der Waals surface area (Å²) in [7, 11) is -4.30. The molecule has 0 saturated heterocycles. The first-order valence-corrected chi connectivity index (χ1v) is 11.8. The molecule has 0 aliphatic carbocycles. The second-order valence-corrected chi connectivity index (χ2v) is 9.34. The van der Waals surface area contributed by atoms with Crippen LogP contribution in [0.3, 0.4) is 0 Å². The summed E-state index contributed by atoms with van der Waals surface area (Å²) in [4.78, 5) is 25.6. The molecule has 34 heavy (non-hydrogen) atoms. The van der Waals surface area contributed by atoms with Crippen LogP contribution >= 0.6 is 0 Å². The Morgan fingerprint density at radius 1 is 1.00 bits per heavy atom. The summed E-state index contributed by atoms with van der Waals surface area (Å²) in [6, 6.07) is 16.9. The van der Waals surface area contributed by atoms with Gasteiger partial charge in [-0.3, -0.25) is 9.69 Å². The zero-order valence-corrected chi connectivity index (χ0v) is 18.8. The number of hydrogen-bond acceptors (Lipinski definition) is 6. The first-order valence-electron chi connectivity index (χ1n) is 10.3. The molecule has 1 aliphatic rings. The van der Waals surface area contributed by atoms with E-state index in [4.69, 9.17) is 4.74 Å². The van der Waals surface area contributed by atoms with E-state index in [1.54, 1.807) is 13.0 Å². The molecule has 3 aromatic carbocycles. The Morgan fingerprint density at radius 3 is 2.21 bits per heavy atom. The van der Waals surface area contributed by atoms with Gasteiger partial charge in [0, 0.05) is 5.69 Å². The SMILES string of the molecule is CCOC(=O)c1ccc(N2C(=O)C(O)=C(S(=O)(=O)c3ccccc3)[C@@H]2c2ccc(F)cc2)cc1. The predicted molar refractivity (Wildman–Crippen MR) is 122 cm³/mol. The quantitative estimate of drug-likeness (QED) is 0.526. The summed E-state index contributed by atoms with van der Waals surface area (Å²) in [5.41, 5.74) is 0.754. The highest BCUT2D eigenvalue weighted by atomic mass is 32.2. The molecule has 1 amide bonds. The van der Waals surface area contributed by atoms with E-state index < -0.39 is 44.2 Å². The molecule has 0 bridgehead atoms. The minimum atomic E-state index is -4.30. The monoisotopic (exact) mass is 481 g/mol. The molecule has 0 radical (unpaired) electrons. The molecule has 3 aromatic rings. The highest BCUT2D eigenvalue weighted by Crippen LogP contribution is 2.44. The van der Waals surface area contributed by atoms with Crippen LogP contribution in [-0.2, 0) is 19.4 Å². The molecule has 0 unspecified atom stereocenters. The normalized spacial score (nSPS) is 16.1. The van der Waals surface area contributed by atoms with Crippen LogP contribution in [0, 0.1) is 5.82 Å². The third-order valence-corrected chi connectivity index (χ3v) is 7.24. The van der Waals surface area contributed by atoms with Crippen molar-refractivity contribution >= 4 is 27.4 Å². The molecule has 1 atom stereocenters. The van der Waals surface area contributed by atoms with Crippen molar-refractivity contribution in [2.24, 2.45) is 0 Å². The number of carbonyl (C=O) groups is 2. The molecule has 7 nitrogen and oxygen atoms in total. The van der Waals surface area contributed by atoms with Crippen molar-refractivity contribution in [2.75, 3.05) is 11.5 Å². The lowest BCUT2D eigenvalue weighted by Gasteiger charge is -2.27. The third-order valence-electron chi connectivity index (χ3n) is 5.35. The molecule has 1 aliphatic heterocycles. The number of ether oxygens (including phenoxy) is 1. The zero-order chi connectivity index (χ0) is 24.5. The molecule has 9 heteroatoms. The number of esters is 1. The van der Waals surface area contributed by atoms with E-state index in [-0.39, 0.29) is 28.3 Å². The molecule has 0 saturated carbocycles. The Hall–Kier alpha value is -3.98. The summed E-state index contributed by atoms with van der Waals surface area (Å²) >= 11 is 0. The van der Waals surface area contributed by atoms with Crippen LogP contribution < -0.4 is 4.90 Å². The van der Waals surface area contributed by atoms with E-state index in [0.29, 0.717) is 0 Å². The van der Waals surface area contributed by atoms with E-state index in [9.17, 15) is 27.5 Å². The van der Waals surface area contributed by atoms with Gasteiger partial charge in [0.2, 0.25) is 9.84 Å². The second-order valence-electron chi connectivity index (χ2n) is 7.43. The maximum absolute atomic E-state index is 13.6. The van der Waals surface area contributed by atoms with Gasteiger partial charge < -0.3 is 9.84 Å². The minimum absolute atomic E-state index is 0.101. The topological polar surface area (TPSA) is 101 Å². The summed E-state index contributed by atoms with van der Waals surface area (Å²) in [5, 5.41) is 10.7. The average Bonchev–Trinajstić information content (AvgIpc) is 3.11. The number of halogens is 1. The molecule has 0 spiro atoms. The molecular weight excluding hydrogens is 461 g/mol. The fourth-order valence-corrected chi connectivity index (χ4v) is 5.42. The number of rotatable bonds is 6. The van der Waals surface area contributed by atoms with E-state index in [2.05, 4.69) is 0 Å². The van der Waals surface area contributed by atoms with Gasteiger partial charge in [-0.05, 0) is 61.0 Å². The van der Waals surface area contributed by atoms with E-state index >= 15 is 0 Å². The van der Waals surface area contributed by atoms with Crippen molar-refractivity contribution < 1.29 is 32.2 Å². The maximum atomic E-state index is 13.6. The fraction of sp³-hybridized carbons (Fsp3) is 0.120. The summed E-state index contributed by atoms with van der Waals surface area (Å²) < 4.78 is 45.6. The van der Waals surface area contributed by atoms with Crippen molar-refractivity contribution in [3.63, 3.8) is 0 Å². The van der Waals surface area contributed by atoms with Crippen molar-refractivity contribution in [2.45, 2.75) is 17.9 Å². The van der Waals surface area contributed by atoms with Crippen molar-refractivity contribution in [3.05, 3.63) is 106 Å². The van der Waals surface area contributed by atoms with Crippen LogP contribution in [0.4, 0.5) is 10.1 Å². The lowest BCUT2D eigenvalue weighted by Crippen LogP contribution is -2.31. The standard InChI is InChI=1S/C25H20FNO6S/c1-2-33-25(30)17-10-14-19(15-11-17)27-21(16-8-12-18(26)13-9-16)23(22(28)24(27)29)34(31,32)20-6-4-3-5-7-20/h3-15,21,28H,2H2,1H3/t21-/m0/s1. The fourth-order valence-electron chi connectivity index (χ4n) is 3.77. The van der Waals surface area contributed by atoms with Crippen LogP contribution in [0.1, 0.15) is 28.9 Å². The van der Waals surface area contributed by atoms with Gasteiger partial charge in [-0.1, -0.05) is 30.3 Å². The number of nitrogens with zero attached hydrogens (tertiary/aromatic N) is 1. The van der Waals surface area contributed by atoms with Gasteiger partial charge in [0.05, 0.1) is 17.1 Å². The van der Waals surface area contributed by atoms with Gasteiger partial charge in [0.25, 0.3) is 5.91 Å². The van der Waals surface area contributed by atoms with Gasteiger partial charge in [-0.2, -0.15) is 0 Å². The van der Waals surface area contributed by atoms with Gasteiger partial charge in [0.1, 0.15) is 16.8 Å². The van der Waals surface area contributed by atoms with Gasteiger partial charge in [0.15, 0.2) is 5.76 Å². The highest BCUT2D eigenvalue weighted by Gasteiger charge is 2.47. The number of aliphatic hydroxyl groups excluding tert-OH is 1. The number of sulfone groups is 1. The van der Waals surface area contributed by atoms with E-state index in [0.717, 1.165) is 17.0 Å². The van der Waals surface area contributed by atoms with Crippen LogP contribution in [0.2, 0.25) is 0 Å². The van der Waals surface area contributed by atoms with Crippen molar-refractivity contribution in [1.29, 1.82) is 0 Å². The first-order chi connectivity index (χ1) is 16.3. The molecule has 0 aromatic heterocycles. The average molecular weight is 482 g/mol. The first kappa shape index (κ1) is 23.2. The maximum Gasteiger partial charge on any atom is 0.338 e. The van der Waals surface area contributed by atoms with Crippen LogP contribution in [-0.4, -0.2) is 32.0 Å². The number of carbonyl (C=O) groups excluding carboxylic acids is 2. The third kappa shape index (κ3) is 4.06. The Kier molecular flexibility index (Phi) is 6.21. The van der Waals surface area contributed by atoms with Gasteiger partial charge in [-0.15, -0.1) is 0 Å². The summed E-state index contributed by atoms with van der Waals surface area (Å²) in [6.45, 7) is 1.86. The second kappa shape index (κ2) is 9.11. The molecule has 1 N–H and O–H groups in total. The Labute approximate surface area is 195 Å². The molecule has 0 fully saturated rings. The number of amides is 1. The molecule has 1 heterocycles. The molecule has 4 rings (SSSR count). The van der Waals surface area contributed by atoms with E-state index in [1.165, 1.54) is 60.7 Å². The Bertz CT molecular complexity index is 1370. The summed E-state index contributed by atoms with van der Waals surface area (Å²) in [6.07, 6.45) is 0. The minimum Gasteiger partial charge on any atom is -0.502 e. The summed E-state index contributed by atoms with van der Waals surface area (Å²) in [5.74, 6) is -2.95. The smallest absolute Gasteiger partial charge is 0.338 e. The van der Waals surface area contributed by atoms with Crippen LogP contribution in [0.5, 0.6) is 0 Å². The predicted octanol–water partition coefficient (Wildman–Crippen LogP) is 4.33. The number of anilines is 1. The van der Waals surface area contributed by atoms with Gasteiger partial charge >= 0.3 is 5.97 Å². The molecular formula is C25H20FNO6S. The highest BCUT2D eigenvalue weighted by molar-refractivity contribution is 7.95. The lowest BCUT2D eigenvalue weighted by molar-refractivity contribution is -0.117. The van der Waals surface area contributed by atoms with Crippen molar-refractivity contribution in [1.82, 2.24) is 0 Å². The van der Waals surface area contributed by atoms with E-state index in [1.807, 2.05) is 0 Å². The lowest BCUT2D eigenvalue weighted by atomic mass is 10.1. The number of benzene rings is 3. The Balaban J connectivity index is 1.85. The van der Waals surface area contributed by atoms with Crippen LogP contribution in [0.15, 0.2) is 94.4 Å². The number of aliphatic hydroxyl groups is 1. The van der Waals surface area contributed by atoms with Crippen LogP contribution in [0.25, 0.3) is 0 Å². The Morgan fingerprint density at radius 2 is 1.62 bits per heavy atom. The molecule has 174 valence electrons. The largest absolute Gasteiger partial charge is 0.502 e. The zero-order valence-electron chi connectivity index (χ0n) is 18.0. The van der Waals surface area contributed by atoms with Gasteiger partial charge in [-0.25, -0.2) is 17.6 Å².